The average Bonchev–Trinajstić information content (AvgIpc) is 2.35. The van der Waals surface area contributed by atoms with E-state index in [1.165, 1.54) is 0 Å². The lowest BCUT2D eigenvalue weighted by Crippen LogP contribution is -2.23. The molecule has 0 aromatic heterocycles. The predicted octanol–water partition coefficient (Wildman–Crippen LogP) is 0.516. The van der Waals surface area contributed by atoms with Crippen molar-refractivity contribution in [1.82, 2.24) is 0 Å². The van der Waals surface area contributed by atoms with Crippen LogP contribution in [-0.2, 0) is 4.74 Å². The van der Waals surface area contributed by atoms with Crippen molar-refractivity contribution in [3.63, 3.8) is 0 Å². The zero-order chi connectivity index (χ0) is 13.4. The fourth-order valence-corrected chi connectivity index (χ4v) is 1.30. The van der Waals surface area contributed by atoms with Crippen molar-refractivity contribution >= 4 is 11.9 Å². The average molecular weight is 251 g/mol. The normalized spacial score (nSPS) is 9.61. The summed E-state index contributed by atoms with van der Waals surface area (Å²) in [5, 5.41) is 0. The van der Waals surface area contributed by atoms with E-state index in [4.69, 9.17) is 20.9 Å². The Kier molecular flexibility index (Phi) is 5.50. The minimum Gasteiger partial charge on any atom is -0.491 e. The highest BCUT2D eigenvalue weighted by molar-refractivity contribution is 5.92. The smallest absolute Gasteiger partial charge is 0.341 e. The number of nitrogens with two attached hydrogens (primary N) is 2. The lowest BCUT2D eigenvalue weighted by atomic mass is 10.2. The molecule has 1 rings (SSSR count). The SMILES string of the molecule is CCOC(=O)c1ccccc1OCCN=C(N)N. The fourth-order valence-electron chi connectivity index (χ4n) is 1.30. The van der Waals surface area contributed by atoms with Gasteiger partial charge in [-0.25, -0.2) is 4.79 Å². The molecule has 0 bridgehead atoms. The van der Waals surface area contributed by atoms with Crippen LogP contribution in [0.5, 0.6) is 5.75 Å². The molecular weight excluding hydrogens is 234 g/mol. The molecule has 0 spiro atoms. The number of esters is 1. The van der Waals surface area contributed by atoms with E-state index in [0.29, 0.717) is 24.5 Å². The molecule has 0 aliphatic rings. The van der Waals surface area contributed by atoms with Crippen molar-refractivity contribution in [3.8, 4) is 5.75 Å². The lowest BCUT2D eigenvalue weighted by molar-refractivity contribution is 0.0522. The first kappa shape index (κ1) is 13.8. The number of guanidine groups is 1. The van der Waals surface area contributed by atoms with E-state index < -0.39 is 5.97 Å². The van der Waals surface area contributed by atoms with Crippen LogP contribution in [0.2, 0.25) is 0 Å². The number of hydrogen-bond donors (Lipinski definition) is 2. The molecule has 0 aliphatic carbocycles. The Morgan fingerprint density at radius 2 is 2.06 bits per heavy atom. The molecule has 0 radical (unpaired) electrons. The van der Waals surface area contributed by atoms with Crippen molar-refractivity contribution < 1.29 is 14.3 Å². The van der Waals surface area contributed by atoms with Gasteiger partial charge in [-0.1, -0.05) is 12.1 Å². The van der Waals surface area contributed by atoms with Gasteiger partial charge in [0.2, 0.25) is 0 Å². The number of nitrogens with zero attached hydrogens (tertiary/aromatic N) is 1. The van der Waals surface area contributed by atoms with Crippen LogP contribution < -0.4 is 16.2 Å². The number of hydrogen-bond acceptors (Lipinski definition) is 4. The van der Waals surface area contributed by atoms with Crippen LogP contribution in [0.1, 0.15) is 17.3 Å². The van der Waals surface area contributed by atoms with Crippen molar-refractivity contribution in [1.29, 1.82) is 0 Å². The van der Waals surface area contributed by atoms with Crippen molar-refractivity contribution in [2.24, 2.45) is 16.5 Å². The Morgan fingerprint density at radius 1 is 1.33 bits per heavy atom. The van der Waals surface area contributed by atoms with E-state index in [0.717, 1.165) is 0 Å². The molecule has 1 aromatic carbocycles. The van der Waals surface area contributed by atoms with Crippen LogP contribution in [-0.4, -0.2) is 31.7 Å². The second-order valence-corrected chi connectivity index (χ2v) is 3.37. The third-order valence-electron chi connectivity index (χ3n) is 2.03. The zero-order valence-electron chi connectivity index (χ0n) is 10.3. The summed E-state index contributed by atoms with van der Waals surface area (Å²) in [6, 6.07) is 6.86. The molecule has 0 saturated carbocycles. The lowest BCUT2D eigenvalue weighted by Gasteiger charge is -2.09. The molecule has 1 aromatic rings. The van der Waals surface area contributed by atoms with E-state index in [1.807, 2.05) is 0 Å². The molecule has 6 nitrogen and oxygen atoms in total. The van der Waals surface area contributed by atoms with E-state index in [-0.39, 0.29) is 12.6 Å². The van der Waals surface area contributed by atoms with Gasteiger partial charge in [0.15, 0.2) is 5.96 Å². The van der Waals surface area contributed by atoms with Gasteiger partial charge in [-0.2, -0.15) is 0 Å². The van der Waals surface area contributed by atoms with Gasteiger partial charge in [0, 0.05) is 0 Å². The second kappa shape index (κ2) is 7.16. The molecular formula is C12H17N3O3. The van der Waals surface area contributed by atoms with Crippen molar-refractivity contribution in [2.45, 2.75) is 6.92 Å². The van der Waals surface area contributed by atoms with Crippen LogP contribution in [0.3, 0.4) is 0 Å². The molecule has 4 N–H and O–H groups in total. The molecule has 18 heavy (non-hydrogen) atoms. The summed E-state index contributed by atoms with van der Waals surface area (Å²) in [5.41, 5.74) is 10.8. The summed E-state index contributed by atoms with van der Waals surface area (Å²) in [6.07, 6.45) is 0. The van der Waals surface area contributed by atoms with E-state index in [2.05, 4.69) is 4.99 Å². The van der Waals surface area contributed by atoms with E-state index in [9.17, 15) is 4.79 Å². The zero-order valence-corrected chi connectivity index (χ0v) is 10.3. The number of rotatable bonds is 6. The quantitative estimate of drug-likeness (QED) is 0.332. The van der Waals surface area contributed by atoms with E-state index in [1.54, 1.807) is 31.2 Å². The summed E-state index contributed by atoms with van der Waals surface area (Å²) in [6.45, 7) is 2.69. The molecule has 0 atom stereocenters. The third-order valence-corrected chi connectivity index (χ3v) is 2.03. The number of para-hydroxylation sites is 1. The first-order chi connectivity index (χ1) is 8.65. The first-order valence-corrected chi connectivity index (χ1v) is 5.59. The van der Waals surface area contributed by atoms with E-state index >= 15 is 0 Å². The van der Waals surface area contributed by atoms with Crippen molar-refractivity contribution in [2.75, 3.05) is 19.8 Å². The van der Waals surface area contributed by atoms with Gasteiger partial charge in [-0.05, 0) is 19.1 Å². The fraction of sp³-hybridized carbons (Fsp3) is 0.333. The highest BCUT2D eigenvalue weighted by Crippen LogP contribution is 2.18. The predicted molar refractivity (Wildman–Crippen MR) is 68.6 cm³/mol. The minimum atomic E-state index is -0.407. The molecule has 0 fully saturated rings. The molecule has 98 valence electrons. The maximum absolute atomic E-state index is 11.6. The Hall–Kier alpha value is -2.24. The van der Waals surface area contributed by atoms with Gasteiger partial charge >= 0.3 is 5.97 Å². The Bertz CT molecular complexity index is 428. The highest BCUT2D eigenvalue weighted by atomic mass is 16.5. The summed E-state index contributed by atoms with van der Waals surface area (Å²) < 4.78 is 10.4. The van der Waals surface area contributed by atoms with Gasteiger partial charge in [-0.3, -0.25) is 4.99 Å². The summed E-state index contributed by atoms with van der Waals surface area (Å²) >= 11 is 0. The molecule has 6 heteroatoms. The molecule has 0 unspecified atom stereocenters. The van der Waals surface area contributed by atoms with Crippen LogP contribution in [0.15, 0.2) is 29.3 Å². The number of aliphatic imine (C=N–C) groups is 1. The Morgan fingerprint density at radius 3 is 2.72 bits per heavy atom. The molecule has 0 saturated heterocycles. The monoisotopic (exact) mass is 251 g/mol. The van der Waals surface area contributed by atoms with Crippen LogP contribution in [0, 0.1) is 0 Å². The number of carbonyl (C=O) groups excluding carboxylic acids is 1. The van der Waals surface area contributed by atoms with Crippen LogP contribution >= 0.6 is 0 Å². The van der Waals surface area contributed by atoms with Crippen LogP contribution in [0.4, 0.5) is 0 Å². The number of benzene rings is 1. The first-order valence-electron chi connectivity index (χ1n) is 5.59. The molecule has 0 heterocycles. The van der Waals surface area contributed by atoms with Crippen molar-refractivity contribution in [3.05, 3.63) is 29.8 Å². The third kappa shape index (κ3) is 4.32. The highest BCUT2D eigenvalue weighted by Gasteiger charge is 2.12. The summed E-state index contributed by atoms with van der Waals surface area (Å²) in [7, 11) is 0. The topological polar surface area (TPSA) is 99.9 Å². The number of ether oxygens (including phenoxy) is 2. The maximum Gasteiger partial charge on any atom is 0.341 e. The molecule has 0 amide bonds. The van der Waals surface area contributed by atoms with Gasteiger partial charge in [0.05, 0.1) is 13.2 Å². The van der Waals surface area contributed by atoms with Crippen LogP contribution in [0.25, 0.3) is 0 Å². The summed E-state index contributed by atoms with van der Waals surface area (Å²) in [5.74, 6) is 0.0639. The molecule has 0 aliphatic heterocycles. The van der Waals surface area contributed by atoms with Gasteiger partial charge in [-0.15, -0.1) is 0 Å². The van der Waals surface area contributed by atoms with Gasteiger partial charge in [0.25, 0.3) is 0 Å². The second-order valence-electron chi connectivity index (χ2n) is 3.37. The van der Waals surface area contributed by atoms with Gasteiger partial charge in [0.1, 0.15) is 17.9 Å². The maximum atomic E-state index is 11.6. The largest absolute Gasteiger partial charge is 0.491 e. The number of carbonyl (C=O) groups is 1. The Labute approximate surface area is 106 Å². The van der Waals surface area contributed by atoms with Gasteiger partial charge < -0.3 is 20.9 Å². The summed E-state index contributed by atoms with van der Waals surface area (Å²) in [4.78, 5) is 15.4. The Balaban J connectivity index is 2.64. The minimum absolute atomic E-state index is 0.0114. The standard InChI is InChI=1S/C12H17N3O3/c1-2-17-11(16)9-5-3-4-6-10(9)18-8-7-15-12(13)14/h3-6H,2,7-8H2,1H3,(H4,13,14,15).